The van der Waals surface area contributed by atoms with Gasteiger partial charge >= 0.3 is 11.9 Å². The fourth-order valence-corrected chi connectivity index (χ4v) is 8.33. The van der Waals surface area contributed by atoms with Crippen molar-refractivity contribution in [2.45, 2.75) is 272 Å². The number of hydrogen-bond donors (Lipinski definition) is 1. The topological polar surface area (TPSA) is 76.1 Å². The number of unbranched alkanes of at least 4 members (excludes halogenated alkanes) is 26. The maximum atomic E-state index is 12.5. The summed E-state index contributed by atoms with van der Waals surface area (Å²) in [7, 11) is 0. The van der Waals surface area contributed by atoms with Crippen LogP contribution in [0.3, 0.4) is 0 Å². The van der Waals surface area contributed by atoms with Gasteiger partial charge in [-0.3, -0.25) is 9.59 Å². The Morgan fingerprint density at radius 2 is 0.707 bits per heavy atom. The van der Waals surface area contributed by atoms with Crippen LogP contribution in [0.5, 0.6) is 0 Å². The molecule has 0 aliphatic rings. The van der Waals surface area contributed by atoms with Crippen molar-refractivity contribution in [3.05, 3.63) is 0 Å². The van der Waals surface area contributed by atoms with E-state index in [1.807, 2.05) is 0 Å². The van der Waals surface area contributed by atoms with Gasteiger partial charge in [-0.25, -0.2) is 0 Å². The summed E-state index contributed by atoms with van der Waals surface area (Å²) in [6, 6.07) is 0. The summed E-state index contributed by atoms with van der Waals surface area (Å²) in [5.41, 5.74) is 0. The molecule has 0 spiro atoms. The molecule has 2 atom stereocenters. The number of ether oxygens (including phenoxy) is 2. The third-order valence-electron chi connectivity index (χ3n) is 12.5. The fraction of sp³-hybridized carbons (Fsp3) is 0.962. The summed E-state index contributed by atoms with van der Waals surface area (Å²) in [4.78, 5) is 27.4. The van der Waals surface area contributed by atoms with E-state index >= 15 is 0 Å². The minimum Gasteiger partial charge on any atom is -0.465 e. The zero-order chi connectivity index (χ0) is 42.4. The minimum absolute atomic E-state index is 0.00194. The largest absolute Gasteiger partial charge is 0.465 e. The van der Waals surface area contributed by atoms with E-state index in [1.165, 1.54) is 199 Å². The Morgan fingerprint density at radius 1 is 0.397 bits per heavy atom. The van der Waals surface area contributed by atoms with Crippen molar-refractivity contribution in [3.8, 4) is 0 Å². The zero-order valence-electron chi connectivity index (χ0n) is 39.8. The molecule has 0 fully saturated rings. The number of aliphatic hydroxyl groups excluding tert-OH is 1. The van der Waals surface area contributed by atoms with Crippen LogP contribution in [-0.2, 0) is 19.1 Å². The number of hydrogen-bond acceptors (Lipinski definition) is 6. The molecule has 0 rings (SSSR count). The molecule has 1 N–H and O–H groups in total. The highest BCUT2D eigenvalue weighted by Gasteiger charge is 2.13. The maximum absolute atomic E-state index is 12.5. The number of rotatable bonds is 48. The Hall–Kier alpha value is -1.14. The summed E-state index contributed by atoms with van der Waals surface area (Å²) in [5.74, 6) is 1.10. The Labute approximate surface area is 362 Å². The second-order valence-electron chi connectivity index (χ2n) is 18.2. The lowest BCUT2D eigenvalue weighted by Crippen LogP contribution is -2.27. The van der Waals surface area contributed by atoms with Gasteiger partial charge in [-0.1, -0.05) is 201 Å². The van der Waals surface area contributed by atoms with E-state index in [4.69, 9.17) is 9.47 Å². The first-order valence-electron chi connectivity index (χ1n) is 26.1. The van der Waals surface area contributed by atoms with Crippen molar-refractivity contribution < 1.29 is 24.2 Å². The monoisotopic (exact) mass is 822 g/mol. The highest BCUT2D eigenvalue weighted by molar-refractivity contribution is 5.69. The van der Waals surface area contributed by atoms with Crippen molar-refractivity contribution in [3.63, 3.8) is 0 Å². The summed E-state index contributed by atoms with van der Waals surface area (Å²) in [6.07, 6.45) is 45.7. The normalized spacial score (nSPS) is 12.7. The molecule has 0 amide bonds. The molecule has 0 bridgehead atoms. The number of aliphatic hydroxyl groups is 1. The third kappa shape index (κ3) is 41.6. The van der Waals surface area contributed by atoms with Gasteiger partial charge in [-0.15, -0.1) is 0 Å². The van der Waals surface area contributed by atoms with Crippen LogP contribution in [0.15, 0.2) is 0 Å². The molecule has 6 heteroatoms. The standard InChI is InChI=1S/C52H103NO5/c1-5-9-12-15-23-30-38-49(8-4)47-57-51(55)41-32-25-19-17-21-27-34-43-53(45-36-37-46-54)44-35-28-22-18-20-26-33-42-52(56)58-48-50(39-29-14-11-7-3)40-31-24-16-13-10-6-2/h49-50,54H,5-48H2,1-4H3. The molecule has 0 heterocycles. The Morgan fingerprint density at radius 3 is 1.10 bits per heavy atom. The van der Waals surface area contributed by atoms with Gasteiger partial charge in [0.1, 0.15) is 0 Å². The first kappa shape index (κ1) is 56.9. The minimum atomic E-state index is 0.00194. The highest BCUT2D eigenvalue weighted by atomic mass is 16.5. The van der Waals surface area contributed by atoms with Crippen molar-refractivity contribution in [2.24, 2.45) is 11.8 Å². The molecular formula is C52H103NO5. The maximum Gasteiger partial charge on any atom is 0.305 e. The second kappa shape index (κ2) is 46.9. The molecule has 0 aliphatic carbocycles. The molecule has 0 saturated heterocycles. The molecule has 0 aromatic heterocycles. The van der Waals surface area contributed by atoms with Gasteiger partial charge in [-0.2, -0.15) is 0 Å². The molecule has 58 heavy (non-hydrogen) atoms. The average Bonchev–Trinajstić information content (AvgIpc) is 3.23. The lowest BCUT2D eigenvalue weighted by atomic mass is 9.95. The molecule has 346 valence electrons. The molecule has 0 radical (unpaired) electrons. The van der Waals surface area contributed by atoms with Gasteiger partial charge in [-0.05, 0) is 89.3 Å². The van der Waals surface area contributed by atoms with Gasteiger partial charge in [0, 0.05) is 19.4 Å². The van der Waals surface area contributed by atoms with Gasteiger partial charge in [0.2, 0.25) is 0 Å². The third-order valence-corrected chi connectivity index (χ3v) is 12.5. The fourth-order valence-electron chi connectivity index (χ4n) is 8.33. The van der Waals surface area contributed by atoms with E-state index in [1.54, 1.807) is 0 Å². The van der Waals surface area contributed by atoms with Crippen molar-refractivity contribution in [1.29, 1.82) is 0 Å². The summed E-state index contributed by atoms with van der Waals surface area (Å²) in [5, 5.41) is 9.30. The smallest absolute Gasteiger partial charge is 0.305 e. The second-order valence-corrected chi connectivity index (χ2v) is 18.2. The van der Waals surface area contributed by atoms with Crippen LogP contribution in [-0.4, -0.2) is 61.4 Å². The zero-order valence-corrected chi connectivity index (χ0v) is 39.8. The SMILES string of the molecule is CCCCCCCCC(CC)COC(=O)CCCCCCCCCN(CCCCO)CCCCCCCCCC(=O)OCC(CCCCCC)CCCCCCCC. The van der Waals surface area contributed by atoms with Gasteiger partial charge < -0.3 is 19.5 Å². The predicted octanol–water partition coefficient (Wildman–Crippen LogP) is 15.5. The van der Waals surface area contributed by atoms with Crippen LogP contribution >= 0.6 is 0 Å². The summed E-state index contributed by atoms with van der Waals surface area (Å²) in [6.45, 7) is 14.0. The first-order chi connectivity index (χ1) is 28.5. The number of nitrogens with zero attached hydrogens (tertiary/aromatic N) is 1. The lowest BCUT2D eigenvalue weighted by molar-refractivity contribution is -0.146. The molecule has 0 aromatic rings. The van der Waals surface area contributed by atoms with E-state index in [0.717, 1.165) is 51.5 Å². The number of carbonyl (C=O) groups excluding carboxylic acids is 2. The van der Waals surface area contributed by atoms with E-state index in [9.17, 15) is 14.7 Å². The number of esters is 2. The van der Waals surface area contributed by atoms with E-state index in [0.29, 0.717) is 44.5 Å². The van der Waals surface area contributed by atoms with Crippen molar-refractivity contribution in [2.75, 3.05) is 39.5 Å². The van der Waals surface area contributed by atoms with E-state index in [-0.39, 0.29) is 11.9 Å². The Balaban J connectivity index is 3.98. The number of carbonyl (C=O) groups is 2. The van der Waals surface area contributed by atoms with Crippen LogP contribution in [0, 0.1) is 11.8 Å². The van der Waals surface area contributed by atoms with Crippen LogP contribution in [0.2, 0.25) is 0 Å². The van der Waals surface area contributed by atoms with Crippen molar-refractivity contribution >= 4 is 11.9 Å². The molecular weight excluding hydrogens is 719 g/mol. The lowest BCUT2D eigenvalue weighted by Gasteiger charge is -2.22. The Bertz CT molecular complexity index is 837. The highest BCUT2D eigenvalue weighted by Crippen LogP contribution is 2.21. The molecule has 0 saturated carbocycles. The van der Waals surface area contributed by atoms with Gasteiger partial charge in [0.25, 0.3) is 0 Å². The quantitative estimate of drug-likeness (QED) is 0.0487. The van der Waals surface area contributed by atoms with E-state index < -0.39 is 0 Å². The van der Waals surface area contributed by atoms with Gasteiger partial charge in [0.05, 0.1) is 13.2 Å². The molecule has 6 nitrogen and oxygen atoms in total. The molecule has 2 unspecified atom stereocenters. The van der Waals surface area contributed by atoms with Crippen LogP contribution < -0.4 is 0 Å². The molecule has 0 aliphatic heterocycles. The van der Waals surface area contributed by atoms with Crippen LogP contribution in [0.25, 0.3) is 0 Å². The summed E-state index contributed by atoms with van der Waals surface area (Å²) < 4.78 is 11.4. The predicted molar refractivity (Wildman–Crippen MR) is 251 cm³/mol. The van der Waals surface area contributed by atoms with Crippen LogP contribution in [0.1, 0.15) is 272 Å². The summed E-state index contributed by atoms with van der Waals surface area (Å²) >= 11 is 0. The average molecular weight is 822 g/mol. The van der Waals surface area contributed by atoms with Crippen LogP contribution in [0.4, 0.5) is 0 Å². The Kier molecular flexibility index (Phi) is 46.0. The van der Waals surface area contributed by atoms with Gasteiger partial charge in [0.15, 0.2) is 0 Å². The van der Waals surface area contributed by atoms with E-state index in [2.05, 4.69) is 32.6 Å². The van der Waals surface area contributed by atoms with Crippen molar-refractivity contribution in [1.82, 2.24) is 4.90 Å². The molecule has 0 aromatic carbocycles. The first-order valence-corrected chi connectivity index (χ1v) is 26.1.